The molecule has 5 heteroatoms. The molecule has 2 aliphatic heterocycles. The van der Waals surface area contributed by atoms with Gasteiger partial charge in [-0.3, -0.25) is 4.90 Å². The zero-order valence-corrected chi connectivity index (χ0v) is 17.6. The van der Waals surface area contributed by atoms with E-state index in [2.05, 4.69) is 32.6 Å². The highest BCUT2D eigenvalue weighted by molar-refractivity contribution is 5.65. The second kappa shape index (κ2) is 8.84. The Morgan fingerprint density at radius 1 is 0.800 bits per heavy atom. The first-order valence-corrected chi connectivity index (χ1v) is 11.6. The first-order chi connectivity index (χ1) is 14.8. The van der Waals surface area contributed by atoms with Gasteiger partial charge in [-0.05, 0) is 112 Å². The number of benzene rings is 2. The molecule has 0 spiro atoms. The van der Waals surface area contributed by atoms with Crippen molar-refractivity contribution in [1.82, 2.24) is 4.90 Å². The van der Waals surface area contributed by atoms with Crippen LogP contribution in [0.1, 0.15) is 56.1 Å². The van der Waals surface area contributed by atoms with Crippen LogP contribution in [0.4, 0.5) is 21.5 Å². The summed E-state index contributed by atoms with van der Waals surface area (Å²) in [4.78, 5) is 2.71. The van der Waals surface area contributed by atoms with Crippen molar-refractivity contribution in [2.24, 2.45) is 10.2 Å². The minimum absolute atomic E-state index is 0.249. The molecule has 5 rings (SSSR count). The molecule has 2 atom stereocenters. The molecule has 0 saturated carbocycles. The Kier molecular flexibility index (Phi) is 5.80. The Balaban J connectivity index is 1.39. The molecule has 0 aromatic heterocycles. The highest BCUT2D eigenvalue weighted by atomic mass is 19.1. The minimum atomic E-state index is -0.249. The number of anilines is 1. The third-order valence-electron chi connectivity index (χ3n) is 7.04. The first-order valence-electron chi connectivity index (χ1n) is 11.6. The fourth-order valence-corrected chi connectivity index (χ4v) is 5.52. The molecule has 2 fully saturated rings. The molecule has 2 aromatic rings. The molecular weight excluding hydrogens is 375 g/mol. The summed E-state index contributed by atoms with van der Waals surface area (Å²) >= 11 is 0. The molecule has 3 aliphatic rings. The van der Waals surface area contributed by atoms with E-state index >= 15 is 0 Å². The van der Waals surface area contributed by atoms with Crippen LogP contribution in [0.5, 0.6) is 0 Å². The molecule has 0 unspecified atom stereocenters. The largest absolute Gasteiger partial charge is 0.381 e. The van der Waals surface area contributed by atoms with Crippen LogP contribution in [-0.2, 0) is 12.8 Å². The Bertz CT molecular complexity index is 906. The van der Waals surface area contributed by atoms with Crippen molar-refractivity contribution >= 4 is 17.1 Å². The Labute approximate surface area is 178 Å². The lowest BCUT2D eigenvalue weighted by Crippen LogP contribution is -2.53. The fraction of sp³-hybridized carbons (Fsp3) is 0.520. The van der Waals surface area contributed by atoms with Gasteiger partial charge in [0.25, 0.3) is 0 Å². The average molecular weight is 407 g/mol. The lowest BCUT2D eigenvalue weighted by Gasteiger charge is -2.45. The maximum atomic E-state index is 13.1. The van der Waals surface area contributed by atoms with Gasteiger partial charge in [-0.15, -0.1) is 0 Å². The van der Waals surface area contributed by atoms with Crippen molar-refractivity contribution in [3.63, 3.8) is 0 Å². The molecule has 1 N–H and O–H groups in total. The lowest BCUT2D eigenvalue weighted by molar-refractivity contribution is 0.0977. The maximum Gasteiger partial charge on any atom is 0.123 e. The zero-order chi connectivity index (χ0) is 20.3. The van der Waals surface area contributed by atoms with E-state index in [0.29, 0.717) is 17.8 Å². The Hall–Kier alpha value is -2.27. The van der Waals surface area contributed by atoms with Gasteiger partial charge in [0.2, 0.25) is 0 Å². The summed E-state index contributed by atoms with van der Waals surface area (Å²) in [6, 6.07) is 11.7. The summed E-state index contributed by atoms with van der Waals surface area (Å²) in [6.07, 6.45) is 11.2. The van der Waals surface area contributed by atoms with Crippen LogP contribution < -0.4 is 5.32 Å². The predicted molar refractivity (Wildman–Crippen MR) is 120 cm³/mol. The summed E-state index contributed by atoms with van der Waals surface area (Å²) in [6.45, 7) is 2.54. The fourth-order valence-electron chi connectivity index (χ4n) is 5.52. The van der Waals surface area contributed by atoms with E-state index in [1.807, 2.05) is 0 Å². The number of nitrogens with one attached hydrogen (secondary N) is 1. The number of halogens is 1. The van der Waals surface area contributed by atoms with Gasteiger partial charge in [0, 0.05) is 17.8 Å². The van der Waals surface area contributed by atoms with E-state index in [9.17, 15) is 4.39 Å². The van der Waals surface area contributed by atoms with E-state index in [-0.39, 0.29) is 5.82 Å². The van der Waals surface area contributed by atoms with Crippen LogP contribution in [0.15, 0.2) is 46.6 Å². The maximum absolute atomic E-state index is 13.1. The normalized spacial score (nSPS) is 24.4. The van der Waals surface area contributed by atoms with Crippen LogP contribution in [0, 0.1) is 5.82 Å². The van der Waals surface area contributed by atoms with Crippen molar-refractivity contribution in [2.45, 2.75) is 69.9 Å². The number of fused-ring (bicyclic) bond motifs is 2. The monoisotopic (exact) mass is 406 g/mol. The van der Waals surface area contributed by atoms with Crippen LogP contribution in [-0.4, -0.2) is 30.1 Å². The lowest BCUT2D eigenvalue weighted by atomic mass is 9.86. The van der Waals surface area contributed by atoms with Gasteiger partial charge < -0.3 is 5.32 Å². The zero-order valence-electron chi connectivity index (χ0n) is 17.6. The quantitative estimate of drug-likeness (QED) is 0.585. The molecule has 2 saturated heterocycles. The topological polar surface area (TPSA) is 40.0 Å². The van der Waals surface area contributed by atoms with E-state index < -0.39 is 0 Å². The smallest absolute Gasteiger partial charge is 0.123 e. The third-order valence-corrected chi connectivity index (χ3v) is 7.04. The SMILES string of the molecule is Fc1ccc(N=Nc2ccc(N[C@@H]3CCCN4CCCC[C@H]34)c3c2CCCC3)cc1. The molecule has 158 valence electrons. The Morgan fingerprint density at radius 3 is 2.47 bits per heavy atom. The molecule has 2 heterocycles. The summed E-state index contributed by atoms with van der Waals surface area (Å²) < 4.78 is 13.1. The van der Waals surface area contributed by atoms with E-state index in [0.717, 1.165) is 18.5 Å². The summed E-state index contributed by atoms with van der Waals surface area (Å²) in [5.74, 6) is -0.249. The summed E-state index contributed by atoms with van der Waals surface area (Å²) in [5.41, 5.74) is 5.73. The first kappa shape index (κ1) is 19.7. The van der Waals surface area contributed by atoms with Gasteiger partial charge in [0.15, 0.2) is 0 Å². The van der Waals surface area contributed by atoms with Gasteiger partial charge >= 0.3 is 0 Å². The van der Waals surface area contributed by atoms with Gasteiger partial charge in [-0.2, -0.15) is 10.2 Å². The van der Waals surface area contributed by atoms with Crippen LogP contribution >= 0.6 is 0 Å². The summed E-state index contributed by atoms with van der Waals surface area (Å²) in [7, 11) is 0. The standard InChI is InChI=1S/C25H31FN4/c26-18-10-12-19(13-11-18)28-29-23-15-14-22(20-6-1-2-7-21(20)23)27-24-8-5-17-30-16-4-3-9-25(24)30/h10-15,24-25,27H,1-9,16-17H2/t24-,25-/m1/s1. The predicted octanol–water partition coefficient (Wildman–Crippen LogP) is 6.55. The second-order valence-corrected chi connectivity index (χ2v) is 8.97. The van der Waals surface area contributed by atoms with Gasteiger partial charge in [-0.1, -0.05) is 6.42 Å². The van der Waals surface area contributed by atoms with Crippen molar-refractivity contribution in [3.05, 3.63) is 53.3 Å². The van der Waals surface area contributed by atoms with E-state index in [1.165, 1.54) is 87.0 Å². The van der Waals surface area contributed by atoms with Crippen molar-refractivity contribution in [2.75, 3.05) is 18.4 Å². The van der Waals surface area contributed by atoms with Crippen molar-refractivity contribution in [3.8, 4) is 0 Å². The van der Waals surface area contributed by atoms with E-state index in [1.54, 1.807) is 12.1 Å². The van der Waals surface area contributed by atoms with Crippen LogP contribution in [0.2, 0.25) is 0 Å². The molecule has 0 amide bonds. The number of nitrogens with zero attached hydrogens (tertiary/aromatic N) is 3. The van der Waals surface area contributed by atoms with Crippen LogP contribution in [0.3, 0.4) is 0 Å². The molecule has 0 radical (unpaired) electrons. The minimum Gasteiger partial charge on any atom is -0.381 e. The third kappa shape index (κ3) is 4.13. The van der Waals surface area contributed by atoms with E-state index in [4.69, 9.17) is 0 Å². The second-order valence-electron chi connectivity index (χ2n) is 8.97. The average Bonchev–Trinajstić information content (AvgIpc) is 2.80. The number of rotatable bonds is 4. The summed E-state index contributed by atoms with van der Waals surface area (Å²) in [5, 5.41) is 12.9. The number of piperidine rings is 2. The number of azo groups is 1. The van der Waals surface area contributed by atoms with Crippen molar-refractivity contribution in [1.29, 1.82) is 0 Å². The Morgan fingerprint density at radius 2 is 1.60 bits per heavy atom. The molecule has 30 heavy (non-hydrogen) atoms. The highest BCUT2D eigenvalue weighted by Gasteiger charge is 2.33. The molecule has 1 aliphatic carbocycles. The van der Waals surface area contributed by atoms with Crippen LogP contribution in [0.25, 0.3) is 0 Å². The highest BCUT2D eigenvalue weighted by Crippen LogP contribution is 2.37. The molecule has 2 aromatic carbocycles. The molecule has 4 nitrogen and oxygen atoms in total. The van der Waals surface area contributed by atoms with Gasteiger partial charge in [0.1, 0.15) is 5.82 Å². The van der Waals surface area contributed by atoms with Gasteiger partial charge in [-0.25, -0.2) is 4.39 Å². The molecular formula is C25H31FN4. The number of hydrogen-bond donors (Lipinski definition) is 1. The number of hydrogen-bond acceptors (Lipinski definition) is 4. The molecule has 0 bridgehead atoms. The van der Waals surface area contributed by atoms with Crippen molar-refractivity contribution < 1.29 is 4.39 Å². The van der Waals surface area contributed by atoms with Gasteiger partial charge in [0.05, 0.1) is 11.4 Å².